The number of benzene rings is 1. The van der Waals surface area contributed by atoms with E-state index in [9.17, 15) is 0 Å². The Kier molecular flexibility index (Phi) is 3.58. The molecule has 0 atom stereocenters. The van der Waals surface area contributed by atoms with Gasteiger partial charge in [-0.05, 0) is 18.6 Å². The molecule has 3 N–H and O–H groups in total. The number of aromatic amines is 1. The van der Waals surface area contributed by atoms with Gasteiger partial charge in [-0.1, -0.05) is 30.3 Å². The second-order valence-electron chi connectivity index (χ2n) is 4.06. The lowest BCUT2D eigenvalue weighted by Crippen LogP contribution is -1.98. The molecular formula is C13H14ClN3O. The summed E-state index contributed by atoms with van der Waals surface area (Å²) in [7, 11) is 0. The lowest BCUT2D eigenvalue weighted by atomic mass is 10.1. The van der Waals surface area contributed by atoms with Crippen molar-refractivity contribution >= 4 is 17.4 Å². The summed E-state index contributed by atoms with van der Waals surface area (Å²) >= 11 is 6.30. The van der Waals surface area contributed by atoms with E-state index >= 15 is 0 Å². The largest absolute Gasteiger partial charge is 0.488 e. The minimum Gasteiger partial charge on any atom is -0.488 e. The number of hydrogen-bond acceptors (Lipinski definition) is 3. The third-order valence-electron chi connectivity index (χ3n) is 2.40. The number of hydrogen-bond donors (Lipinski definition) is 2. The minimum absolute atomic E-state index is 0.435. The van der Waals surface area contributed by atoms with E-state index in [4.69, 9.17) is 22.1 Å². The molecule has 94 valence electrons. The fourth-order valence-electron chi connectivity index (χ4n) is 1.54. The van der Waals surface area contributed by atoms with E-state index in [1.165, 1.54) is 0 Å². The summed E-state index contributed by atoms with van der Waals surface area (Å²) < 4.78 is 5.57. The summed E-state index contributed by atoms with van der Waals surface area (Å²) in [6.45, 7) is 6.11. The van der Waals surface area contributed by atoms with Gasteiger partial charge in [-0.25, -0.2) is 0 Å². The Balaban J connectivity index is 2.36. The molecule has 0 amide bonds. The number of nitrogens with one attached hydrogen (secondary N) is 1. The van der Waals surface area contributed by atoms with Crippen molar-refractivity contribution in [3.05, 3.63) is 41.6 Å². The highest BCUT2D eigenvalue weighted by atomic mass is 35.5. The Labute approximate surface area is 110 Å². The number of anilines is 1. The second-order valence-corrected chi connectivity index (χ2v) is 4.44. The SMILES string of the molecule is C=C(C)COc1cccc(-c2cn[nH]c2N)c1Cl. The summed E-state index contributed by atoms with van der Waals surface area (Å²) in [5.74, 6) is 1.09. The van der Waals surface area contributed by atoms with Crippen LogP contribution in [0.1, 0.15) is 6.92 Å². The molecule has 0 aliphatic rings. The Morgan fingerprint density at radius 1 is 1.50 bits per heavy atom. The van der Waals surface area contributed by atoms with Crippen LogP contribution in [0.2, 0.25) is 5.02 Å². The number of halogens is 1. The predicted octanol–water partition coefficient (Wildman–Crippen LogP) is 3.27. The molecule has 0 spiro atoms. The summed E-state index contributed by atoms with van der Waals surface area (Å²) in [6.07, 6.45) is 1.64. The molecular weight excluding hydrogens is 250 g/mol. The van der Waals surface area contributed by atoms with Gasteiger partial charge in [-0.3, -0.25) is 5.10 Å². The smallest absolute Gasteiger partial charge is 0.139 e. The first-order valence-corrected chi connectivity index (χ1v) is 5.82. The Hall–Kier alpha value is -1.94. The van der Waals surface area contributed by atoms with Gasteiger partial charge in [-0.2, -0.15) is 5.10 Å². The average Bonchev–Trinajstić information content (AvgIpc) is 2.74. The van der Waals surface area contributed by atoms with Crippen molar-refractivity contribution in [2.75, 3.05) is 12.3 Å². The highest BCUT2D eigenvalue weighted by Crippen LogP contribution is 2.36. The molecule has 2 aromatic rings. The topological polar surface area (TPSA) is 63.9 Å². The molecule has 0 radical (unpaired) electrons. The Bertz CT molecular complexity index is 577. The van der Waals surface area contributed by atoms with Gasteiger partial charge in [0.2, 0.25) is 0 Å². The van der Waals surface area contributed by atoms with Gasteiger partial charge in [0.1, 0.15) is 18.2 Å². The van der Waals surface area contributed by atoms with Crippen LogP contribution in [0, 0.1) is 0 Å². The maximum absolute atomic E-state index is 6.30. The van der Waals surface area contributed by atoms with Gasteiger partial charge in [0.25, 0.3) is 0 Å². The zero-order valence-corrected chi connectivity index (χ0v) is 10.8. The molecule has 5 heteroatoms. The standard InChI is InChI=1S/C13H14ClN3O/c1-8(2)7-18-11-5-3-4-9(12(11)14)10-6-16-17-13(10)15/h3-6H,1,7H2,2H3,(H3,15,16,17). The summed E-state index contributed by atoms with van der Waals surface area (Å²) in [5, 5.41) is 7.08. The molecule has 18 heavy (non-hydrogen) atoms. The number of rotatable bonds is 4. The normalized spacial score (nSPS) is 10.3. The van der Waals surface area contributed by atoms with E-state index < -0.39 is 0 Å². The highest BCUT2D eigenvalue weighted by Gasteiger charge is 2.12. The molecule has 0 saturated heterocycles. The monoisotopic (exact) mass is 263 g/mol. The first kappa shape index (κ1) is 12.5. The van der Waals surface area contributed by atoms with E-state index in [1.807, 2.05) is 25.1 Å². The molecule has 0 aliphatic carbocycles. The average molecular weight is 264 g/mol. The zero-order valence-electron chi connectivity index (χ0n) is 10.0. The maximum Gasteiger partial charge on any atom is 0.139 e. The summed E-state index contributed by atoms with van der Waals surface area (Å²) in [6, 6.07) is 5.55. The van der Waals surface area contributed by atoms with Crippen molar-refractivity contribution in [3.63, 3.8) is 0 Å². The van der Waals surface area contributed by atoms with Crippen molar-refractivity contribution in [3.8, 4) is 16.9 Å². The van der Waals surface area contributed by atoms with Crippen molar-refractivity contribution in [1.29, 1.82) is 0 Å². The van der Waals surface area contributed by atoms with Crippen LogP contribution >= 0.6 is 11.6 Å². The molecule has 0 fully saturated rings. The quantitative estimate of drug-likeness (QED) is 0.832. The first-order valence-electron chi connectivity index (χ1n) is 5.44. The van der Waals surface area contributed by atoms with Gasteiger partial charge < -0.3 is 10.5 Å². The first-order chi connectivity index (χ1) is 8.59. The predicted molar refractivity (Wildman–Crippen MR) is 73.8 cm³/mol. The van der Waals surface area contributed by atoms with Crippen LogP contribution in [0.3, 0.4) is 0 Å². The van der Waals surface area contributed by atoms with Gasteiger partial charge >= 0.3 is 0 Å². The molecule has 1 aromatic heterocycles. The van der Waals surface area contributed by atoms with Crippen molar-refractivity contribution in [2.24, 2.45) is 0 Å². The number of H-pyrrole nitrogens is 1. The zero-order chi connectivity index (χ0) is 13.1. The highest BCUT2D eigenvalue weighted by molar-refractivity contribution is 6.35. The molecule has 1 aromatic carbocycles. The lowest BCUT2D eigenvalue weighted by molar-refractivity contribution is 0.353. The summed E-state index contributed by atoms with van der Waals surface area (Å²) in [5.41, 5.74) is 8.27. The molecule has 1 heterocycles. The van der Waals surface area contributed by atoms with Crippen molar-refractivity contribution < 1.29 is 4.74 Å². The third kappa shape index (κ3) is 2.49. The number of nitrogen functional groups attached to an aromatic ring is 1. The van der Waals surface area contributed by atoms with Gasteiger partial charge in [0.15, 0.2) is 0 Å². The van der Waals surface area contributed by atoms with E-state index in [0.717, 1.165) is 16.7 Å². The molecule has 0 aliphatic heterocycles. The Morgan fingerprint density at radius 2 is 2.28 bits per heavy atom. The maximum atomic E-state index is 6.30. The van der Waals surface area contributed by atoms with Crippen LogP contribution in [0.5, 0.6) is 5.75 Å². The van der Waals surface area contributed by atoms with Crippen LogP contribution in [-0.2, 0) is 0 Å². The molecule has 0 saturated carbocycles. The molecule has 0 unspecified atom stereocenters. The molecule has 2 rings (SSSR count). The van der Waals surface area contributed by atoms with E-state index in [2.05, 4.69) is 16.8 Å². The molecule has 4 nitrogen and oxygen atoms in total. The van der Waals surface area contributed by atoms with Crippen molar-refractivity contribution in [1.82, 2.24) is 10.2 Å². The molecule has 0 bridgehead atoms. The van der Waals surface area contributed by atoms with Crippen LogP contribution in [-0.4, -0.2) is 16.8 Å². The number of nitrogens with two attached hydrogens (primary N) is 1. The van der Waals surface area contributed by atoms with Crippen LogP contribution in [0.15, 0.2) is 36.5 Å². The third-order valence-corrected chi connectivity index (χ3v) is 2.79. The fourth-order valence-corrected chi connectivity index (χ4v) is 1.82. The van der Waals surface area contributed by atoms with Crippen molar-refractivity contribution in [2.45, 2.75) is 6.92 Å². The second kappa shape index (κ2) is 5.14. The number of nitrogens with zero attached hydrogens (tertiary/aromatic N) is 1. The van der Waals surface area contributed by atoms with E-state index in [1.54, 1.807) is 6.20 Å². The Morgan fingerprint density at radius 3 is 2.89 bits per heavy atom. The van der Waals surface area contributed by atoms with Gasteiger partial charge in [-0.15, -0.1) is 0 Å². The van der Waals surface area contributed by atoms with Crippen LogP contribution in [0.4, 0.5) is 5.82 Å². The van der Waals surface area contributed by atoms with Gasteiger partial charge in [0, 0.05) is 11.1 Å². The van der Waals surface area contributed by atoms with Crippen LogP contribution in [0.25, 0.3) is 11.1 Å². The minimum atomic E-state index is 0.435. The van der Waals surface area contributed by atoms with E-state index in [-0.39, 0.29) is 0 Å². The number of aromatic nitrogens is 2. The van der Waals surface area contributed by atoms with Crippen LogP contribution < -0.4 is 10.5 Å². The number of ether oxygens (including phenoxy) is 1. The fraction of sp³-hybridized carbons (Fsp3) is 0.154. The summed E-state index contributed by atoms with van der Waals surface area (Å²) in [4.78, 5) is 0. The van der Waals surface area contributed by atoms with E-state index in [0.29, 0.717) is 23.2 Å². The lowest BCUT2D eigenvalue weighted by Gasteiger charge is -2.10. The van der Waals surface area contributed by atoms with Gasteiger partial charge in [0.05, 0.1) is 11.2 Å².